The number of carbonyl (C=O) groups excluding carboxylic acids is 1. The van der Waals surface area contributed by atoms with Gasteiger partial charge >= 0.3 is 6.18 Å². The van der Waals surface area contributed by atoms with Crippen LogP contribution in [0.3, 0.4) is 0 Å². The summed E-state index contributed by atoms with van der Waals surface area (Å²) in [6.07, 6.45) is -3.28. The van der Waals surface area contributed by atoms with E-state index in [2.05, 4.69) is 4.98 Å². The summed E-state index contributed by atoms with van der Waals surface area (Å²) in [5.74, 6) is -1.54. The molecule has 0 saturated heterocycles. The van der Waals surface area contributed by atoms with Crippen LogP contribution in [0.2, 0.25) is 0 Å². The van der Waals surface area contributed by atoms with Crippen LogP contribution in [-0.4, -0.2) is 15.5 Å². The molecule has 0 aliphatic carbocycles. The molecular formula is C17H12F4N4O. The van der Waals surface area contributed by atoms with E-state index in [1.807, 2.05) is 0 Å². The number of aromatic nitrogens is 2. The number of anilines is 1. The maximum Gasteiger partial charge on any atom is 0.416 e. The number of amides is 1. The van der Waals surface area contributed by atoms with E-state index in [-0.39, 0.29) is 22.6 Å². The molecule has 0 aliphatic heterocycles. The topological polar surface area (TPSA) is 86.9 Å². The van der Waals surface area contributed by atoms with Crippen molar-refractivity contribution in [1.29, 1.82) is 0 Å². The molecule has 134 valence electrons. The Hall–Kier alpha value is -3.36. The van der Waals surface area contributed by atoms with Crippen molar-refractivity contribution in [3.05, 3.63) is 65.9 Å². The standard InChI is InChI=1S/C17H12F4N4O/c18-13-6-3-10(17(19,20)21)7-12(13)9-1-4-11(5-2-9)25-8-24-14(15(25)22)16(23)26/h1-8H,22H2,(H2,23,26). The first-order valence-electron chi connectivity index (χ1n) is 7.28. The van der Waals surface area contributed by atoms with Crippen LogP contribution in [0.15, 0.2) is 48.8 Å². The number of hydrogen-bond donors (Lipinski definition) is 2. The van der Waals surface area contributed by atoms with Gasteiger partial charge in [-0.15, -0.1) is 0 Å². The Bertz CT molecular complexity index is 977. The Morgan fingerprint density at radius 2 is 1.73 bits per heavy atom. The van der Waals surface area contributed by atoms with Crippen molar-refractivity contribution in [2.24, 2.45) is 5.73 Å². The zero-order valence-corrected chi connectivity index (χ0v) is 13.1. The van der Waals surface area contributed by atoms with E-state index in [4.69, 9.17) is 11.5 Å². The highest BCUT2D eigenvalue weighted by Crippen LogP contribution is 2.34. The number of hydrogen-bond acceptors (Lipinski definition) is 3. The van der Waals surface area contributed by atoms with Crippen LogP contribution in [0.4, 0.5) is 23.4 Å². The van der Waals surface area contributed by atoms with Crippen molar-refractivity contribution in [2.45, 2.75) is 6.18 Å². The molecule has 1 aromatic heterocycles. The zero-order valence-electron chi connectivity index (χ0n) is 13.1. The molecule has 26 heavy (non-hydrogen) atoms. The third-order valence-electron chi connectivity index (χ3n) is 3.79. The zero-order chi connectivity index (χ0) is 19.1. The number of primary amides is 1. The molecule has 0 unspecified atom stereocenters. The van der Waals surface area contributed by atoms with Crippen LogP contribution in [0.1, 0.15) is 16.1 Å². The number of nitrogens with zero attached hydrogens (tertiary/aromatic N) is 2. The molecule has 0 atom stereocenters. The van der Waals surface area contributed by atoms with Gasteiger partial charge in [-0.1, -0.05) is 12.1 Å². The highest BCUT2D eigenvalue weighted by atomic mass is 19.4. The first-order chi connectivity index (χ1) is 12.2. The van der Waals surface area contributed by atoms with Crippen molar-refractivity contribution < 1.29 is 22.4 Å². The summed E-state index contributed by atoms with van der Waals surface area (Å²) < 4.78 is 53.8. The normalized spacial score (nSPS) is 11.5. The minimum absolute atomic E-state index is 0.0236. The van der Waals surface area contributed by atoms with Gasteiger partial charge in [-0.2, -0.15) is 13.2 Å². The SMILES string of the molecule is NC(=O)c1ncn(-c2ccc(-c3cc(C(F)(F)F)ccc3F)cc2)c1N. The van der Waals surface area contributed by atoms with E-state index in [0.29, 0.717) is 11.8 Å². The second kappa shape index (κ2) is 6.17. The van der Waals surface area contributed by atoms with Gasteiger partial charge < -0.3 is 11.5 Å². The summed E-state index contributed by atoms with van der Waals surface area (Å²) in [5, 5.41) is 0. The quantitative estimate of drug-likeness (QED) is 0.699. The predicted molar refractivity (Wildman–Crippen MR) is 86.9 cm³/mol. The maximum atomic E-state index is 14.0. The number of alkyl halides is 3. The lowest BCUT2D eigenvalue weighted by Gasteiger charge is -2.11. The second-order valence-corrected chi connectivity index (χ2v) is 5.45. The lowest BCUT2D eigenvalue weighted by molar-refractivity contribution is -0.137. The molecule has 0 saturated carbocycles. The van der Waals surface area contributed by atoms with Crippen molar-refractivity contribution in [3.63, 3.8) is 0 Å². The van der Waals surface area contributed by atoms with Gasteiger partial charge in [0.2, 0.25) is 0 Å². The van der Waals surface area contributed by atoms with Gasteiger partial charge in [0.15, 0.2) is 5.69 Å². The van der Waals surface area contributed by atoms with Gasteiger partial charge in [-0.05, 0) is 35.9 Å². The smallest absolute Gasteiger partial charge is 0.383 e. The highest BCUT2D eigenvalue weighted by molar-refractivity contribution is 5.95. The minimum atomic E-state index is -4.57. The number of imidazole rings is 1. The number of nitrogen functional groups attached to an aromatic ring is 1. The van der Waals surface area contributed by atoms with Crippen LogP contribution in [0.25, 0.3) is 16.8 Å². The molecule has 2 aromatic carbocycles. The van der Waals surface area contributed by atoms with Gasteiger partial charge in [0.05, 0.1) is 5.56 Å². The molecule has 9 heteroatoms. The summed E-state index contributed by atoms with van der Waals surface area (Å²) in [7, 11) is 0. The fraction of sp³-hybridized carbons (Fsp3) is 0.0588. The van der Waals surface area contributed by atoms with E-state index in [0.717, 1.165) is 12.1 Å². The van der Waals surface area contributed by atoms with E-state index in [1.165, 1.54) is 35.2 Å². The van der Waals surface area contributed by atoms with Gasteiger partial charge in [-0.25, -0.2) is 9.37 Å². The molecule has 0 radical (unpaired) electrons. The van der Waals surface area contributed by atoms with E-state index in [9.17, 15) is 22.4 Å². The molecule has 0 fully saturated rings. The number of nitrogens with two attached hydrogens (primary N) is 2. The molecule has 3 rings (SSSR count). The van der Waals surface area contributed by atoms with Crippen molar-refractivity contribution in [3.8, 4) is 16.8 Å². The van der Waals surface area contributed by atoms with E-state index < -0.39 is 23.5 Å². The van der Waals surface area contributed by atoms with Crippen molar-refractivity contribution >= 4 is 11.7 Å². The Balaban J connectivity index is 2.00. The fourth-order valence-electron chi connectivity index (χ4n) is 2.48. The monoisotopic (exact) mass is 364 g/mol. The fourth-order valence-corrected chi connectivity index (χ4v) is 2.48. The summed E-state index contributed by atoms with van der Waals surface area (Å²) in [6, 6.07) is 8.12. The Kier molecular flexibility index (Phi) is 4.15. The lowest BCUT2D eigenvalue weighted by Crippen LogP contribution is -2.14. The summed E-state index contributed by atoms with van der Waals surface area (Å²) in [5.41, 5.74) is 10.5. The summed E-state index contributed by atoms with van der Waals surface area (Å²) >= 11 is 0. The van der Waals surface area contributed by atoms with Gasteiger partial charge in [0.25, 0.3) is 5.91 Å². The molecule has 0 bridgehead atoms. The van der Waals surface area contributed by atoms with Crippen LogP contribution in [0, 0.1) is 5.82 Å². The first kappa shape index (κ1) is 17.5. The largest absolute Gasteiger partial charge is 0.416 e. The third-order valence-corrected chi connectivity index (χ3v) is 3.79. The molecule has 0 spiro atoms. The summed E-state index contributed by atoms with van der Waals surface area (Å²) in [6.45, 7) is 0. The molecule has 1 heterocycles. The molecule has 5 nitrogen and oxygen atoms in total. The van der Waals surface area contributed by atoms with Crippen LogP contribution in [-0.2, 0) is 6.18 Å². The van der Waals surface area contributed by atoms with Gasteiger partial charge in [0, 0.05) is 11.3 Å². The van der Waals surface area contributed by atoms with Crippen LogP contribution >= 0.6 is 0 Å². The molecule has 4 N–H and O–H groups in total. The van der Waals surface area contributed by atoms with Gasteiger partial charge in [-0.3, -0.25) is 9.36 Å². The average molecular weight is 364 g/mol. The first-order valence-corrected chi connectivity index (χ1v) is 7.28. The van der Waals surface area contributed by atoms with Gasteiger partial charge in [0.1, 0.15) is 18.0 Å². The minimum Gasteiger partial charge on any atom is -0.383 e. The number of halogens is 4. The maximum absolute atomic E-state index is 14.0. The number of rotatable bonds is 3. The van der Waals surface area contributed by atoms with E-state index >= 15 is 0 Å². The molecular weight excluding hydrogens is 352 g/mol. The number of carbonyl (C=O) groups is 1. The predicted octanol–water partition coefficient (Wildman–Crippen LogP) is 3.38. The highest BCUT2D eigenvalue weighted by Gasteiger charge is 2.31. The Labute approximate surface area is 144 Å². The molecule has 3 aromatic rings. The average Bonchev–Trinajstić information content (AvgIpc) is 2.96. The third kappa shape index (κ3) is 3.10. The van der Waals surface area contributed by atoms with Crippen molar-refractivity contribution in [1.82, 2.24) is 9.55 Å². The molecule has 1 amide bonds. The lowest BCUT2D eigenvalue weighted by atomic mass is 10.0. The molecule has 0 aliphatic rings. The van der Waals surface area contributed by atoms with Crippen molar-refractivity contribution in [2.75, 3.05) is 5.73 Å². The van der Waals surface area contributed by atoms with E-state index in [1.54, 1.807) is 0 Å². The number of benzene rings is 2. The second-order valence-electron chi connectivity index (χ2n) is 5.45. The Morgan fingerprint density at radius 3 is 2.27 bits per heavy atom. The van der Waals surface area contributed by atoms with Crippen LogP contribution < -0.4 is 11.5 Å². The summed E-state index contributed by atoms with van der Waals surface area (Å²) in [4.78, 5) is 15.0. The Morgan fingerprint density at radius 1 is 1.08 bits per heavy atom. The van der Waals surface area contributed by atoms with Crippen LogP contribution in [0.5, 0.6) is 0 Å².